The van der Waals surface area contributed by atoms with Gasteiger partial charge in [-0.15, -0.1) is 0 Å². The minimum atomic E-state index is -0.291. The number of carbonyl (C=O) groups is 1. The molecule has 1 aromatic carbocycles. The summed E-state index contributed by atoms with van der Waals surface area (Å²) in [6, 6.07) is 7.92. The monoisotopic (exact) mass is 322 g/mol. The first-order valence-electron chi connectivity index (χ1n) is 6.91. The van der Waals surface area contributed by atoms with Crippen molar-refractivity contribution in [1.82, 2.24) is 0 Å². The maximum Gasteiger partial charge on any atom is 0.311 e. The standard InChI is InChI=1S/C17H16Cl2O2/c1-17(2)12(9-14(18)19)15(17)16(20)21-13-8-7-10-5-3-4-6-11(10)13/h3-9,12-13,15H,1-2H3. The lowest BCUT2D eigenvalue weighted by Gasteiger charge is -2.13. The summed E-state index contributed by atoms with van der Waals surface area (Å²) in [5, 5.41) is 0. The van der Waals surface area contributed by atoms with Crippen molar-refractivity contribution in [2.45, 2.75) is 20.0 Å². The van der Waals surface area contributed by atoms with Crippen LogP contribution < -0.4 is 0 Å². The summed E-state index contributed by atoms with van der Waals surface area (Å²) >= 11 is 11.4. The van der Waals surface area contributed by atoms with Crippen LogP contribution >= 0.6 is 23.2 Å². The van der Waals surface area contributed by atoms with Gasteiger partial charge in [-0.3, -0.25) is 4.79 Å². The lowest BCUT2D eigenvalue weighted by Crippen LogP contribution is -2.13. The molecule has 4 heteroatoms. The molecule has 2 nitrogen and oxygen atoms in total. The van der Waals surface area contributed by atoms with Gasteiger partial charge in [-0.1, -0.05) is 67.4 Å². The van der Waals surface area contributed by atoms with E-state index in [4.69, 9.17) is 27.9 Å². The van der Waals surface area contributed by atoms with E-state index in [1.807, 2.05) is 50.3 Å². The van der Waals surface area contributed by atoms with E-state index >= 15 is 0 Å². The van der Waals surface area contributed by atoms with Crippen LogP contribution in [0.15, 0.2) is 40.9 Å². The number of rotatable bonds is 3. The van der Waals surface area contributed by atoms with Crippen molar-refractivity contribution >= 4 is 35.2 Å². The summed E-state index contributed by atoms with van der Waals surface area (Å²) in [6.07, 6.45) is 5.34. The second-order valence-corrected chi connectivity index (χ2v) is 7.13. The number of allylic oxidation sites excluding steroid dienone is 1. The third-order valence-electron chi connectivity index (χ3n) is 4.47. The Morgan fingerprint density at radius 3 is 2.71 bits per heavy atom. The molecule has 0 aliphatic heterocycles. The van der Waals surface area contributed by atoms with Gasteiger partial charge in [-0.25, -0.2) is 0 Å². The average molecular weight is 323 g/mol. The summed E-state index contributed by atoms with van der Waals surface area (Å²) in [5.41, 5.74) is 1.98. The van der Waals surface area contributed by atoms with Crippen molar-refractivity contribution in [3.8, 4) is 0 Å². The van der Waals surface area contributed by atoms with Crippen LogP contribution in [0, 0.1) is 17.3 Å². The highest BCUT2D eigenvalue weighted by Crippen LogP contribution is 2.60. The Balaban J connectivity index is 1.72. The molecule has 3 unspecified atom stereocenters. The molecule has 0 amide bonds. The molecule has 0 saturated heterocycles. The molecular formula is C17H16Cl2O2. The van der Waals surface area contributed by atoms with E-state index in [0.717, 1.165) is 11.1 Å². The summed E-state index contributed by atoms with van der Waals surface area (Å²) < 4.78 is 5.87. The van der Waals surface area contributed by atoms with Crippen molar-refractivity contribution in [1.29, 1.82) is 0 Å². The van der Waals surface area contributed by atoms with E-state index in [2.05, 4.69) is 0 Å². The van der Waals surface area contributed by atoms with Crippen LogP contribution in [0.3, 0.4) is 0 Å². The molecule has 0 N–H and O–H groups in total. The average Bonchev–Trinajstić information content (AvgIpc) is 2.78. The normalized spacial score (nSPS) is 27.9. The fourth-order valence-corrected chi connectivity index (χ4v) is 3.36. The second-order valence-electron chi connectivity index (χ2n) is 6.13. The number of ether oxygens (including phenoxy) is 1. The Labute approximate surface area is 134 Å². The van der Waals surface area contributed by atoms with Crippen molar-refractivity contribution in [2.24, 2.45) is 17.3 Å². The smallest absolute Gasteiger partial charge is 0.311 e. The Bertz CT molecular complexity index is 642. The lowest BCUT2D eigenvalue weighted by atomic mass is 10.1. The van der Waals surface area contributed by atoms with Crippen LogP contribution in [0.5, 0.6) is 0 Å². The van der Waals surface area contributed by atoms with Gasteiger partial charge in [0.1, 0.15) is 10.6 Å². The van der Waals surface area contributed by atoms with Crippen LogP contribution in [0.4, 0.5) is 0 Å². The van der Waals surface area contributed by atoms with Gasteiger partial charge < -0.3 is 4.74 Å². The van der Waals surface area contributed by atoms with Gasteiger partial charge in [-0.2, -0.15) is 0 Å². The molecule has 0 aromatic heterocycles. The van der Waals surface area contributed by atoms with Gasteiger partial charge >= 0.3 is 5.97 Å². The van der Waals surface area contributed by atoms with Gasteiger partial charge in [0.15, 0.2) is 0 Å². The van der Waals surface area contributed by atoms with Crippen molar-refractivity contribution in [3.05, 3.63) is 52.0 Å². The molecular weight excluding hydrogens is 307 g/mol. The van der Waals surface area contributed by atoms with E-state index in [1.54, 1.807) is 6.08 Å². The van der Waals surface area contributed by atoms with Gasteiger partial charge in [0.05, 0.1) is 5.92 Å². The minimum absolute atomic E-state index is 0.0376. The maximum absolute atomic E-state index is 12.4. The number of hydrogen-bond acceptors (Lipinski definition) is 2. The first-order chi connectivity index (χ1) is 9.91. The SMILES string of the molecule is CC1(C)C(C=C(Cl)Cl)C1C(=O)OC1C=Cc2ccccc21. The quantitative estimate of drug-likeness (QED) is 0.740. The number of halogens is 2. The molecule has 2 aliphatic carbocycles. The third kappa shape index (κ3) is 2.63. The minimum Gasteiger partial charge on any atom is -0.453 e. The number of hydrogen-bond donors (Lipinski definition) is 0. The Hall–Kier alpha value is -1.25. The molecule has 3 rings (SSSR count). The molecule has 2 aliphatic rings. The van der Waals surface area contributed by atoms with Gasteiger partial charge in [0, 0.05) is 5.56 Å². The maximum atomic E-state index is 12.4. The van der Waals surface area contributed by atoms with E-state index < -0.39 is 0 Å². The lowest BCUT2D eigenvalue weighted by molar-refractivity contribution is -0.149. The first-order valence-corrected chi connectivity index (χ1v) is 7.67. The number of fused-ring (bicyclic) bond motifs is 1. The molecule has 1 saturated carbocycles. The predicted molar refractivity (Wildman–Crippen MR) is 84.9 cm³/mol. The first kappa shape index (κ1) is 14.7. The Kier molecular flexibility index (Phi) is 3.62. The molecule has 1 aromatic rings. The van der Waals surface area contributed by atoms with Crippen LogP contribution in [-0.4, -0.2) is 5.97 Å². The molecule has 110 valence electrons. The Morgan fingerprint density at radius 2 is 2.00 bits per heavy atom. The molecule has 0 heterocycles. The molecule has 0 bridgehead atoms. The molecule has 0 radical (unpaired) electrons. The van der Waals surface area contributed by atoms with Crippen LogP contribution in [0.2, 0.25) is 0 Å². The van der Waals surface area contributed by atoms with Gasteiger partial charge in [-0.05, 0) is 29.0 Å². The fraction of sp³-hybridized carbons (Fsp3) is 0.353. The zero-order valence-electron chi connectivity index (χ0n) is 11.8. The summed E-state index contributed by atoms with van der Waals surface area (Å²) in [6.45, 7) is 4.05. The van der Waals surface area contributed by atoms with E-state index in [1.165, 1.54) is 0 Å². The molecule has 3 atom stereocenters. The summed E-state index contributed by atoms with van der Waals surface area (Å²) in [4.78, 5) is 12.4. The van der Waals surface area contributed by atoms with Crippen molar-refractivity contribution < 1.29 is 9.53 Å². The van der Waals surface area contributed by atoms with Gasteiger partial charge in [0.2, 0.25) is 0 Å². The van der Waals surface area contributed by atoms with Crippen LogP contribution in [0.1, 0.15) is 31.1 Å². The zero-order valence-corrected chi connectivity index (χ0v) is 13.4. The van der Waals surface area contributed by atoms with Crippen molar-refractivity contribution in [2.75, 3.05) is 0 Å². The molecule has 0 spiro atoms. The van der Waals surface area contributed by atoms with E-state index in [9.17, 15) is 4.79 Å². The number of carbonyl (C=O) groups excluding carboxylic acids is 1. The Morgan fingerprint density at radius 1 is 1.29 bits per heavy atom. The number of esters is 1. The highest BCUT2D eigenvalue weighted by atomic mass is 35.5. The van der Waals surface area contributed by atoms with Crippen LogP contribution in [-0.2, 0) is 9.53 Å². The number of benzene rings is 1. The van der Waals surface area contributed by atoms with Crippen LogP contribution in [0.25, 0.3) is 6.08 Å². The van der Waals surface area contributed by atoms with E-state index in [-0.39, 0.29) is 33.8 Å². The summed E-state index contributed by atoms with van der Waals surface area (Å²) in [5.74, 6) is -0.344. The highest BCUT2D eigenvalue weighted by Gasteiger charge is 2.61. The van der Waals surface area contributed by atoms with E-state index in [0.29, 0.717) is 0 Å². The highest BCUT2D eigenvalue weighted by molar-refractivity contribution is 6.55. The molecule has 1 fully saturated rings. The van der Waals surface area contributed by atoms with Gasteiger partial charge in [0.25, 0.3) is 0 Å². The largest absolute Gasteiger partial charge is 0.453 e. The fourth-order valence-electron chi connectivity index (χ4n) is 3.09. The second kappa shape index (κ2) is 5.19. The van der Waals surface area contributed by atoms with Crippen molar-refractivity contribution in [3.63, 3.8) is 0 Å². The summed E-state index contributed by atoms with van der Waals surface area (Å²) in [7, 11) is 0. The molecule has 21 heavy (non-hydrogen) atoms. The third-order valence-corrected chi connectivity index (χ3v) is 4.72. The topological polar surface area (TPSA) is 26.3 Å². The predicted octanol–water partition coefficient (Wildman–Crippen LogP) is 4.89. The zero-order chi connectivity index (χ0) is 15.2.